The van der Waals surface area contributed by atoms with Gasteiger partial charge in [0, 0.05) is 50.0 Å². The van der Waals surface area contributed by atoms with E-state index in [1.807, 2.05) is 42.5 Å². The summed E-state index contributed by atoms with van der Waals surface area (Å²) in [5.74, 6) is -0.521. The van der Waals surface area contributed by atoms with Gasteiger partial charge in [0.1, 0.15) is 11.6 Å². The van der Waals surface area contributed by atoms with Crippen molar-refractivity contribution in [3.8, 4) is 11.4 Å². The fourth-order valence-electron chi connectivity index (χ4n) is 6.96. The molecule has 9 aromatic rings. The molecular weight excluding hydrogens is 584 g/mol. The van der Waals surface area contributed by atoms with Crippen molar-refractivity contribution >= 4 is 60.7 Å². The number of hydrogen-bond acceptors (Lipinski definition) is 1. The zero-order valence-electron chi connectivity index (χ0n) is 25.2. The molecule has 47 heavy (non-hydrogen) atoms. The lowest BCUT2D eigenvalue weighted by Gasteiger charge is -2.26. The molecule has 0 aliphatic carbocycles. The number of aromatic nitrogens is 2. The van der Waals surface area contributed by atoms with Gasteiger partial charge < -0.3 is 14.0 Å². The Balaban J connectivity index is 1.29. The number of hydrogen-bond donors (Lipinski definition) is 0. The van der Waals surface area contributed by atoms with Crippen LogP contribution in [0.4, 0.5) is 25.8 Å². The largest absolute Gasteiger partial charge is 0.310 e. The van der Waals surface area contributed by atoms with Crippen molar-refractivity contribution in [3.05, 3.63) is 175 Å². The van der Waals surface area contributed by atoms with Crippen molar-refractivity contribution in [2.24, 2.45) is 0 Å². The second-order valence-electron chi connectivity index (χ2n) is 11.7. The molecule has 0 aliphatic rings. The van der Waals surface area contributed by atoms with Gasteiger partial charge in [0.25, 0.3) is 0 Å². The predicted octanol–water partition coefficient (Wildman–Crippen LogP) is 11.6. The van der Waals surface area contributed by atoms with Gasteiger partial charge in [0.15, 0.2) is 0 Å². The van der Waals surface area contributed by atoms with Gasteiger partial charge in [0.05, 0.1) is 22.1 Å². The van der Waals surface area contributed by atoms with E-state index in [-0.39, 0.29) is 11.6 Å². The molecule has 2 aromatic heterocycles. The van der Waals surface area contributed by atoms with Crippen LogP contribution < -0.4 is 4.90 Å². The summed E-state index contributed by atoms with van der Waals surface area (Å²) in [5.41, 5.74) is 9.03. The highest BCUT2D eigenvalue weighted by Crippen LogP contribution is 2.42. The molecule has 9 rings (SSSR count). The molecule has 5 heteroatoms. The summed E-state index contributed by atoms with van der Waals surface area (Å²) in [7, 11) is 0. The maximum Gasteiger partial charge on any atom is 0.123 e. The van der Waals surface area contributed by atoms with Crippen LogP contribution in [0.2, 0.25) is 0 Å². The van der Waals surface area contributed by atoms with E-state index in [1.165, 1.54) is 24.3 Å². The Morgan fingerprint density at radius 2 is 0.809 bits per heavy atom. The van der Waals surface area contributed by atoms with Crippen molar-refractivity contribution in [2.45, 2.75) is 0 Å². The van der Waals surface area contributed by atoms with E-state index in [0.717, 1.165) is 72.0 Å². The number of halogens is 2. The molecule has 0 spiro atoms. The minimum atomic E-state index is -0.262. The van der Waals surface area contributed by atoms with E-state index in [1.54, 1.807) is 0 Å². The molecule has 0 N–H and O–H groups in total. The van der Waals surface area contributed by atoms with E-state index in [4.69, 9.17) is 0 Å². The molecule has 0 saturated heterocycles. The van der Waals surface area contributed by atoms with Crippen molar-refractivity contribution in [1.82, 2.24) is 9.13 Å². The number of fused-ring (bicyclic) bond motifs is 6. The molecule has 3 nitrogen and oxygen atoms in total. The van der Waals surface area contributed by atoms with Crippen molar-refractivity contribution in [2.75, 3.05) is 4.90 Å². The van der Waals surface area contributed by atoms with Gasteiger partial charge in [-0.25, -0.2) is 8.78 Å². The molecule has 224 valence electrons. The van der Waals surface area contributed by atoms with Gasteiger partial charge in [0.2, 0.25) is 0 Å². The van der Waals surface area contributed by atoms with E-state index in [2.05, 4.69) is 111 Å². The summed E-state index contributed by atoms with van der Waals surface area (Å²) < 4.78 is 32.3. The van der Waals surface area contributed by atoms with Gasteiger partial charge >= 0.3 is 0 Å². The molecule has 0 fully saturated rings. The second-order valence-corrected chi connectivity index (χ2v) is 11.7. The van der Waals surface area contributed by atoms with Crippen LogP contribution in [0.3, 0.4) is 0 Å². The van der Waals surface area contributed by atoms with Gasteiger partial charge in [-0.3, -0.25) is 0 Å². The van der Waals surface area contributed by atoms with Gasteiger partial charge in [-0.05, 0) is 103 Å². The van der Waals surface area contributed by atoms with Crippen LogP contribution in [-0.4, -0.2) is 9.13 Å². The van der Waals surface area contributed by atoms with Crippen molar-refractivity contribution in [3.63, 3.8) is 0 Å². The fourth-order valence-corrected chi connectivity index (χ4v) is 6.96. The normalized spacial score (nSPS) is 11.6. The predicted molar refractivity (Wildman–Crippen MR) is 190 cm³/mol. The Bertz CT molecular complexity index is 2580. The van der Waals surface area contributed by atoms with Crippen LogP contribution in [0, 0.1) is 11.6 Å². The molecule has 0 aliphatic heterocycles. The number of para-hydroxylation sites is 3. The van der Waals surface area contributed by atoms with Crippen LogP contribution >= 0.6 is 0 Å². The van der Waals surface area contributed by atoms with Crippen molar-refractivity contribution < 1.29 is 8.78 Å². The quantitative estimate of drug-likeness (QED) is 0.189. The first-order chi connectivity index (χ1) is 23.1. The average molecular weight is 612 g/mol. The molecule has 0 amide bonds. The summed E-state index contributed by atoms with van der Waals surface area (Å²) >= 11 is 0. The minimum Gasteiger partial charge on any atom is -0.310 e. The standard InChI is InChI=1S/C42H27F2N3/c43-28-14-18-31(19-15-28)46-40-13-7-5-11-36(40)38-26-33(23-25-41(38)46)45(30-8-2-1-3-9-30)34-22-24-37-35-10-4-6-12-39(35)47(42(37)27-34)32-20-16-29(44)17-21-32/h1-27H. The summed E-state index contributed by atoms with van der Waals surface area (Å²) in [6.45, 7) is 0. The maximum absolute atomic E-state index is 14.0. The Kier molecular flexibility index (Phi) is 6.18. The first-order valence-electron chi connectivity index (χ1n) is 15.6. The highest BCUT2D eigenvalue weighted by Gasteiger charge is 2.19. The lowest BCUT2D eigenvalue weighted by atomic mass is 10.1. The Hall–Kier alpha value is -6.20. The summed E-state index contributed by atoms with van der Waals surface area (Å²) in [6, 6.07) is 53.5. The topological polar surface area (TPSA) is 13.1 Å². The Labute approximate surface area is 269 Å². The molecule has 0 radical (unpaired) electrons. The summed E-state index contributed by atoms with van der Waals surface area (Å²) in [4.78, 5) is 2.27. The van der Waals surface area contributed by atoms with E-state index >= 15 is 0 Å². The number of nitrogens with zero attached hydrogens (tertiary/aromatic N) is 3. The highest BCUT2D eigenvalue weighted by molar-refractivity contribution is 6.12. The molecule has 2 heterocycles. The molecular formula is C42H27F2N3. The molecule has 0 bridgehead atoms. The van der Waals surface area contributed by atoms with E-state index < -0.39 is 0 Å². The molecule has 7 aromatic carbocycles. The maximum atomic E-state index is 14.0. The minimum absolute atomic E-state index is 0.259. The third kappa shape index (κ3) is 4.39. The van der Waals surface area contributed by atoms with Crippen LogP contribution in [0.25, 0.3) is 55.0 Å². The van der Waals surface area contributed by atoms with E-state index in [9.17, 15) is 8.78 Å². The second kappa shape index (κ2) is 10.7. The van der Waals surface area contributed by atoms with Gasteiger partial charge in [-0.2, -0.15) is 0 Å². The fraction of sp³-hybridized carbons (Fsp3) is 0. The number of rotatable bonds is 5. The zero-order chi connectivity index (χ0) is 31.5. The SMILES string of the molecule is Fc1ccc(-n2c3ccccc3c3cc(N(c4ccccc4)c4ccc5c6ccccc6n(-c6ccc(F)cc6)c5c4)ccc32)cc1. The molecule has 0 unspecified atom stereocenters. The smallest absolute Gasteiger partial charge is 0.123 e. The zero-order valence-corrected chi connectivity index (χ0v) is 25.2. The van der Waals surface area contributed by atoms with Gasteiger partial charge in [-0.15, -0.1) is 0 Å². The van der Waals surface area contributed by atoms with Crippen LogP contribution in [0.15, 0.2) is 164 Å². The van der Waals surface area contributed by atoms with E-state index in [0.29, 0.717) is 0 Å². The van der Waals surface area contributed by atoms with Crippen LogP contribution in [0.5, 0.6) is 0 Å². The average Bonchev–Trinajstić information content (AvgIpc) is 3.62. The first kappa shape index (κ1) is 27.1. The van der Waals surface area contributed by atoms with Crippen LogP contribution in [0.1, 0.15) is 0 Å². The van der Waals surface area contributed by atoms with Crippen molar-refractivity contribution in [1.29, 1.82) is 0 Å². The Morgan fingerprint density at radius 3 is 1.45 bits per heavy atom. The van der Waals surface area contributed by atoms with Crippen LogP contribution in [-0.2, 0) is 0 Å². The lowest BCUT2D eigenvalue weighted by molar-refractivity contribution is 0.627. The summed E-state index contributed by atoms with van der Waals surface area (Å²) in [6.07, 6.45) is 0. The summed E-state index contributed by atoms with van der Waals surface area (Å²) in [5, 5.41) is 4.48. The number of benzene rings is 7. The molecule has 0 atom stereocenters. The highest BCUT2D eigenvalue weighted by atomic mass is 19.1. The third-order valence-corrected chi connectivity index (χ3v) is 9.01. The third-order valence-electron chi connectivity index (χ3n) is 9.01. The number of anilines is 3. The lowest BCUT2D eigenvalue weighted by Crippen LogP contribution is -2.10. The first-order valence-corrected chi connectivity index (χ1v) is 15.6. The van der Waals surface area contributed by atoms with Gasteiger partial charge in [-0.1, -0.05) is 60.7 Å². The Morgan fingerprint density at radius 1 is 0.340 bits per heavy atom. The monoisotopic (exact) mass is 611 g/mol. The molecule has 0 saturated carbocycles.